The predicted molar refractivity (Wildman–Crippen MR) is 70.1 cm³/mol. The quantitative estimate of drug-likeness (QED) is 0.677. The average molecular weight is 260 g/mol. The number of aromatic amines is 2. The lowest BCUT2D eigenvalue weighted by atomic mass is 10.2. The van der Waals surface area contributed by atoms with E-state index in [0.29, 0.717) is 5.82 Å². The number of aryl methyl sites for hydroxylation is 2. The van der Waals surface area contributed by atoms with Crippen LogP contribution in [0.15, 0.2) is 11.1 Å². The molecular weight excluding hydrogens is 244 g/mol. The lowest BCUT2D eigenvalue weighted by Crippen LogP contribution is -2.08. The van der Waals surface area contributed by atoms with Gasteiger partial charge in [-0.25, -0.2) is 19.9 Å². The van der Waals surface area contributed by atoms with Crippen LogP contribution in [-0.2, 0) is 19.3 Å². The molecule has 0 radical (unpaired) electrons. The Morgan fingerprint density at radius 2 is 2.26 bits per heavy atom. The van der Waals surface area contributed by atoms with Gasteiger partial charge in [-0.15, -0.1) is 0 Å². The second kappa shape index (κ2) is 5.21. The van der Waals surface area contributed by atoms with Crippen molar-refractivity contribution in [2.45, 2.75) is 32.1 Å². The second-order valence-corrected chi connectivity index (χ2v) is 4.66. The molecule has 7 nitrogen and oxygen atoms in total. The summed E-state index contributed by atoms with van der Waals surface area (Å²) in [6, 6.07) is 0. The SMILES string of the molecule is O=c1[nH]nc(CCCNc2ncnc3c2CCC3)[nH]1. The average Bonchev–Trinajstić information content (AvgIpc) is 3.03. The molecule has 3 N–H and O–H groups in total. The van der Waals surface area contributed by atoms with E-state index in [-0.39, 0.29) is 5.69 Å². The second-order valence-electron chi connectivity index (χ2n) is 4.66. The first-order valence-corrected chi connectivity index (χ1v) is 6.53. The topological polar surface area (TPSA) is 99.3 Å². The number of nitrogens with zero attached hydrogens (tertiary/aromatic N) is 3. The summed E-state index contributed by atoms with van der Waals surface area (Å²) in [5, 5.41) is 9.57. The van der Waals surface area contributed by atoms with Crippen molar-refractivity contribution >= 4 is 5.82 Å². The first-order valence-electron chi connectivity index (χ1n) is 6.53. The highest BCUT2D eigenvalue weighted by atomic mass is 16.1. The Bertz CT molecular complexity index is 617. The molecule has 0 bridgehead atoms. The third-order valence-corrected chi connectivity index (χ3v) is 3.31. The van der Waals surface area contributed by atoms with Crippen molar-refractivity contribution < 1.29 is 0 Å². The molecule has 0 saturated heterocycles. The third kappa shape index (κ3) is 2.64. The summed E-state index contributed by atoms with van der Waals surface area (Å²) >= 11 is 0. The van der Waals surface area contributed by atoms with Gasteiger partial charge in [0.1, 0.15) is 18.0 Å². The van der Waals surface area contributed by atoms with Crippen molar-refractivity contribution in [3.05, 3.63) is 33.9 Å². The van der Waals surface area contributed by atoms with Crippen molar-refractivity contribution in [3.63, 3.8) is 0 Å². The number of aromatic nitrogens is 5. The molecule has 0 atom stereocenters. The van der Waals surface area contributed by atoms with Crippen LogP contribution in [-0.4, -0.2) is 31.7 Å². The highest BCUT2D eigenvalue weighted by Gasteiger charge is 2.16. The smallest absolute Gasteiger partial charge is 0.340 e. The number of hydrogen-bond acceptors (Lipinski definition) is 5. The van der Waals surface area contributed by atoms with Gasteiger partial charge in [0.2, 0.25) is 0 Å². The Hall–Kier alpha value is -2.18. The Morgan fingerprint density at radius 3 is 3.11 bits per heavy atom. The zero-order valence-electron chi connectivity index (χ0n) is 10.6. The van der Waals surface area contributed by atoms with Crippen molar-refractivity contribution in [1.82, 2.24) is 25.1 Å². The Kier molecular flexibility index (Phi) is 3.26. The first kappa shape index (κ1) is 11.9. The lowest BCUT2D eigenvalue weighted by molar-refractivity contribution is 0.801. The van der Waals surface area contributed by atoms with E-state index in [4.69, 9.17) is 0 Å². The number of anilines is 1. The minimum Gasteiger partial charge on any atom is -0.370 e. The monoisotopic (exact) mass is 260 g/mol. The standard InChI is InChI=1S/C12H16N6O/c19-12-16-10(17-18-12)5-2-6-13-11-8-3-1-4-9(8)14-7-15-11/h7H,1-6H2,(H,13,14,15)(H2,16,17,18,19). The molecule has 19 heavy (non-hydrogen) atoms. The molecule has 2 aromatic heterocycles. The largest absolute Gasteiger partial charge is 0.370 e. The molecular formula is C12H16N6O. The third-order valence-electron chi connectivity index (χ3n) is 3.31. The van der Waals surface area contributed by atoms with E-state index in [2.05, 4.69) is 30.5 Å². The van der Waals surface area contributed by atoms with Crippen LogP contribution < -0.4 is 11.0 Å². The van der Waals surface area contributed by atoms with Crippen LogP contribution in [0.3, 0.4) is 0 Å². The maximum absolute atomic E-state index is 10.9. The maximum Gasteiger partial charge on any atom is 0.340 e. The van der Waals surface area contributed by atoms with Crippen molar-refractivity contribution in [2.75, 3.05) is 11.9 Å². The number of hydrogen-bond donors (Lipinski definition) is 3. The molecule has 2 aromatic rings. The van der Waals surface area contributed by atoms with Crippen LogP contribution in [0.5, 0.6) is 0 Å². The summed E-state index contributed by atoms with van der Waals surface area (Å²) in [5.74, 6) is 1.65. The molecule has 0 unspecified atom stereocenters. The summed E-state index contributed by atoms with van der Waals surface area (Å²) in [4.78, 5) is 22.1. The van der Waals surface area contributed by atoms with Gasteiger partial charge in [-0.05, 0) is 25.7 Å². The fraction of sp³-hybridized carbons (Fsp3) is 0.500. The molecule has 0 amide bonds. The summed E-state index contributed by atoms with van der Waals surface area (Å²) in [5.41, 5.74) is 2.18. The fourth-order valence-corrected chi connectivity index (χ4v) is 2.40. The zero-order valence-corrected chi connectivity index (χ0v) is 10.6. The van der Waals surface area contributed by atoms with Gasteiger partial charge >= 0.3 is 5.69 Å². The van der Waals surface area contributed by atoms with Crippen molar-refractivity contribution in [3.8, 4) is 0 Å². The fourth-order valence-electron chi connectivity index (χ4n) is 2.40. The highest BCUT2D eigenvalue weighted by Crippen LogP contribution is 2.24. The molecule has 1 aliphatic carbocycles. The predicted octanol–water partition coefficient (Wildman–Crippen LogP) is 0.421. The van der Waals surface area contributed by atoms with Gasteiger partial charge < -0.3 is 5.32 Å². The molecule has 0 fully saturated rings. The van der Waals surface area contributed by atoms with E-state index in [1.807, 2.05) is 0 Å². The number of fused-ring (bicyclic) bond motifs is 1. The number of rotatable bonds is 5. The number of H-pyrrole nitrogens is 2. The van der Waals surface area contributed by atoms with Gasteiger partial charge in [-0.1, -0.05) is 0 Å². The molecule has 0 spiro atoms. The van der Waals surface area contributed by atoms with Gasteiger partial charge in [0.05, 0.1) is 0 Å². The van der Waals surface area contributed by atoms with E-state index < -0.39 is 0 Å². The molecule has 0 saturated carbocycles. The molecule has 0 aliphatic heterocycles. The Morgan fingerprint density at radius 1 is 1.32 bits per heavy atom. The summed E-state index contributed by atoms with van der Waals surface area (Å²) in [7, 11) is 0. The van der Waals surface area contributed by atoms with Crippen molar-refractivity contribution in [1.29, 1.82) is 0 Å². The minimum atomic E-state index is -0.253. The summed E-state index contributed by atoms with van der Waals surface area (Å²) in [6.07, 6.45) is 6.53. The van der Waals surface area contributed by atoms with Crippen LogP contribution >= 0.6 is 0 Å². The van der Waals surface area contributed by atoms with Crippen LogP contribution in [0.2, 0.25) is 0 Å². The van der Waals surface area contributed by atoms with Crippen LogP contribution in [0.4, 0.5) is 5.82 Å². The van der Waals surface area contributed by atoms with E-state index >= 15 is 0 Å². The molecule has 0 aromatic carbocycles. The first-order chi connectivity index (χ1) is 9.33. The van der Waals surface area contributed by atoms with E-state index in [0.717, 1.165) is 44.5 Å². The normalized spacial score (nSPS) is 13.5. The molecule has 1 aliphatic rings. The Labute approximate surface area is 109 Å². The van der Waals surface area contributed by atoms with Crippen molar-refractivity contribution in [2.24, 2.45) is 0 Å². The maximum atomic E-state index is 10.9. The van der Waals surface area contributed by atoms with Crippen LogP contribution in [0.25, 0.3) is 0 Å². The zero-order chi connectivity index (χ0) is 13.1. The Balaban J connectivity index is 1.53. The number of nitrogens with one attached hydrogen (secondary N) is 3. The van der Waals surface area contributed by atoms with Gasteiger partial charge in [-0.3, -0.25) is 4.98 Å². The molecule has 7 heteroatoms. The minimum absolute atomic E-state index is 0.253. The van der Waals surface area contributed by atoms with E-state index in [9.17, 15) is 4.79 Å². The van der Waals surface area contributed by atoms with E-state index in [1.54, 1.807) is 6.33 Å². The summed E-state index contributed by atoms with van der Waals surface area (Å²) in [6.45, 7) is 0.804. The van der Waals surface area contributed by atoms with Gasteiger partial charge in [0, 0.05) is 24.2 Å². The summed E-state index contributed by atoms with van der Waals surface area (Å²) < 4.78 is 0. The lowest BCUT2D eigenvalue weighted by Gasteiger charge is -2.08. The van der Waals surface area contributed by atoms with Crippen LogP contribution in [0, 0.1) is 0 Å². The molecule has 100 valence electrons. The highest BCUT2D eigenvalue weighted by molar-refractivity contribution is 5.47. The molecule has 2 heterocycles. The van der Waals surface area contributed by atoms with Gasteiger partial charge in [0.15, 0.2) is 0 Å². The van der Waals surface area contributed by atoms with Gasteiger partial charge in [0.25, 0.3) is 0 Å². The van der Waals surface area contributed by atoms with Crippen LogP contribution in [0.1, 0.15) is 29.9 Å². The van der Waals surface area contributed by atoms with E-state index in [1.165, 1.54) is 11.3 Å². The van der Waals surface area contributed by atoms with Gasteiger partial charge in [-0.2, -0.15) is 5.10 Å². The molecule has 3 rings (SSSR count).